The molecule has 0 radical (unpaired) electrons. The zero-order valence-corrected chi connectivity index (χ0v) is 18.8. The molecule has 0 heterocycles. The molecule has 0 rings (SSSR count). The summed E-state index contributed by atoms with van der Waals surface area (Å²) >= 11 is 0. The fraction of sp³-hybridized carbons (Fsp3) is 0.632. The van der Waals surface area contributed by atoms with Gasteiger partial charge >= 0.3 is 17.9 Å². The first-order chi connectivity index (χ1) is 15.6. The monoisotopic (exact) mass is 489 g/mol. The highest BCUT2D eigenvalue weighted by Crippen LogP contribution is 2.05. The molecular weight excluding hydrogens is 458 g/mol. The molecule has 0 bridgehead atoms. The van der Waals surface area contributed by atoms with Crippen molar-refractivity contribution in [2.24, 2.45) is 17.4 Å². The Bertz CT molecular complexity index is 800. The van der Waals surface area contributed by atoms with Gasteiger partial charge in [0.25, 0.3) is 0 Å². The van der Waals surface area contributed by atoms with E-state index in [-0.39, 0.29) is 12.3 Å². The average molecular weight is 489 g/mol. The van der Waals surface area contributed by atoms with Gasteiger partial charge in [-0.3, -0.25) is 28.8 Å². The lowest BCUT2D eigenvalue weighted by atomic mass is 10.0. The van der Waals surface area contributed by atoms with Crippen LogP contribution in [0.2, 0.25) is 0 Å². The smallest absolute Gasteiger partial charge is 0.326 e. The van der Waals surface area contributed by atoms with Crippen LogP contribution in [0, 0.1) is 5.92 Å². The van der Waals surface area contributed by atoms with Gasteiger partial charge in [0.1, 0.15) is 18.1 Å². The van der Waals surface area contributed by atoms with Crippen molar-refractivity contribution in [2.45, 2.75) is 70.1 Å². The van der Waals surface area contributed by atoms with Gasteiger partial charge in [-0.25, -0.2) is 4.79 Å². The quantitative estimate of drug-likeness (QED) is 0.109. The number of carboxylic acid groups (broad SMARTS) is 3. The van der Waals surface area contributed by atoms with Crippen LogP contribution >= 0.6 is 0 Å². The summed E-state index contributed by atoms with van der Waals surface area (Å²) in [6, 6.07) is -6.10. The molecule has 0 aliphatic rings. The van der Waals surface area contributed by atoms with Crippen molar-refractivity contribution in [3.05, 3.63) is 0 Å². The number of rotatable bonds is 16. The van der Waals surface area contributed by atoms with Crippen molar-refractivity contribution in [3.63, 3.8) is 0 Å². The van der Waals surface area contributed by atoms with Gasteiger partial charge in [-0.15, -0.1) is 0 Å². The Morgan fingerprint density at radius 2 is 1.21 bits per heavy atom. The molecule has 34 heavy (non-hydrogen) atoms. The second-order valence-electron chi connectivity index (χ2n) is 7.96. The highest BCUT2D eigenvalue weighted by molar-refractivity contribution is 5.97. The summed E-state index contributed by atoms with van der Waals surface area (Å²) in [7, 11) is 0. The SMILES string of the molecule is CC(C)CC(N)C(=O)NC(CC(N)=O)C(=O)NC(CC(=O)O)C(=O)NC(CCC(=O)O)C(=O)O. The third-order valence-electron chi connectivity index (χ3n) is 4.37. The second-order valence-corrected chi connectivity index (χ2v) is 7.96. The predicted octanol–water partition coefficient (Wildman–Crippen LogP) is -2.89. The molecule has 0 aromatic carbocycles. The van der Waals surface area contributed by atoms with E-state index in [1.165, 1.54) is 0 Å². The van der Waals surface area contributed by atoms with E-state index < -0.39 is 91.4 Å². The minimum Gasteiger partial charge on any atom is -0.481 e. The van der Waals surface area contributed by atoms with Gasteiger partial charge < -0.3 is 42.7 Å². The summed E-state index contributed by atoms with van der Waals surface area (Å²) in [5.41, 5.74) is 10.9. The molecule has 15 nitrogen and oxygen atoms in total. The summed E-state index contributed by atoms with van der Waals surface area (Å²) in [6.07, 6.45) is -2.51. The molecule has 0 aromatic heterocycles. The standard InChI is InChI=1S/C19H31N5O10/c1-8(2)5-9(20)16(30)23-11(6-13(21)25)17(31)24-12(7-15(28)29)18(32)22-10(19(33)34)3-4-14(26)27/h8-12H,3-7,20H2,1-2H3,(H2,21,25)(H,22,32)(H,23,30)(H,24,31)(H,26,27)(H,28,29)(H,33,34). The highest BCUT2D eigenvalue weighted by Gasteiger charge is 2.32. The van der Waals surface area contributed by atoms with E-state index >= 15 is 0 Å². The van der Waals surface area contributed by atoms with Gasteiger partial charge in [-0.05, 0) is 18.8 Å². The average Bonchev–Trinajstić information content (AvgIpc) is 2.68. The molecule has 4 atom stereocenters. The first-order valence-corrected chi connectivity index (χ1v) is 10.2. The molecular formula is C19H31N5O10. The third kappa shape index (κ3) is 12.3. The van der Waals surface area contributed by atoms with Gasteiger partial charge in [0.05, 0.1) is 18.9 Å². The number of carboxylic acids is 3. The molecule has 192 valence electrons. The van der Waals surface area contributed by atoms with Crippen LogP contribution in [0.25, 0.3) is 0 Å². The lowest BCUT2D eigenvalue weighted by Gasteiger charge is -2.24. The van der Waals surface area contributed by atoms with Crippen molar-refractivity contribution >= 4 is 41.5 Å². The van der Waals surface area contributed by atoms with E-state index in [9.17, 15) is 33.6 Å². The Labute approximate surface area is 194 Å². The first kappa shape index (κ1) is 30.2. The largest absolute Gasteiger partial charge is 0.481 e. The highest BCUT2D eigenvalue weighted by atomic mass is 16.4. The Balaban J connectivity index is 5.54. The molecule has 15 heteroatoms. The molecule has 0 fully saturated rings. The van der Waals surface area contributed by atoms with Crippen molar-refractivity contribution in [1.29, 1.82) is 0 Å². The first-order valence-electron chi connectivity index (χ1n) is 10.2. The number of amides is 4. The van der Waals surface area contributed by atoms with Gasteiger partial charge in [0.15, 0.2) is 0 Å². The Morgan fingerprint density at radius 1 is 0.735 bits per heavy atom. The number of carbonyl (C=O) groups excluding carboxylic acids is 4. The van der Waals surface area contributed by atoms with Crippen LogP contribution < -0.4 is 27.4 Å². The molecule has 4 amide bonds. The summed E-state index contributed by atoms with van der Waals surface area (Å²) in [5, 5.41) is 33.2. The summed E-state index contributed by atoms with van der Waals surface area (Å²) in [4.78, 5) is 81.9. The maximum Gasteiger partial charge on any atom is 0.326 e. The van der Waals surface area contributed by atoms with Crippen LogP contribution in [-0.2, 0) is 33.6 Å². The number of carbonyl (C=O) groups is 7. The van der Waals surface area contributed by atoms with Crippen LogP contribution in [0.1, 0.15) is 46.0 Å². The molecule has 0 aromatic rings. The number of nitrogens with two attached hydrogens (primary N) is 2. The third-order valence-corrected chi connectivity index (χ3v) is 4.37. The van der Waals surface area contributed by atoms with Gasteiger partial charge in [0, 0.05) is 6.42 Å². The Kier molecular flexibility index (Phi) is 12.8. The van der Waals surface area contributed by atoms with E-state index in [4.69, 9.17) is 26.8 Å². The maximum absolute atomic E-state index is 12.6. The van der Waals surface area contributed by atoms with Crippen molar-refractivity contribution in [3.8, 4) is 0 Å². The van der Waals surface area contributed by atoms with Crippen molar-refractivity contribution < 1.29 is 48.9 Å². The molecule has 0 saturated carbocycles. The maximum atomic E-state index is 12.6. The Morgan fingerprint density at radius 3 is 1.62 bits per heavy atom. The van der Waals surface area contributed by atoms with E-state index in [0.29, 0.717) is 0 Å². The van der Waals surface area contributed by atoms with Gasteiger partial charge in [-0.2, -0.15) is 0 Å². The van der Waals surface area contributed by atoms with E-state index in [1.54, 1.807) is 13.8 Å². The van der Waals surface area contributed by atoms with Crippen molar-refractivity contribution in [2.75, 3.05) is 0 Å². The molecule has 0 aliphatic heterocycles. The van der Waals surface area contributed by atoms with Gasteiger partial charge in [0.2, 0.25) is 23.6 Å². The zero-order valence-electron chi connectivity index (χ0n) is 18.8. The van der Waals surface area contributed by atoms with Crippen molar-refractivity contribution in [1.82, 2.24) is 16.0 Å². The minimum atomic E-state index is -1.81. The van der Waals surface area contributed by atoms with Crippen LogP contribution in [0.5, 0.6) is 0 Å². The zero-order chi connectivity index (χ0) is 26.6. The molecule has 10 N–H and O–H groups in total. The number of nitrogens with one attached hydrogen (secondary N) is 3. The fourth-order valence-corrected chi connectivity index (χ4v) is 2.76. The lowest BCUT2D eigenvalue weighted by molar-refractivity contribution is -0.144. The molecule has 0 saturated heterocycles. The summed E-state index contributed by atoms with van der Waals surface area (Å²) in [5.74, 6) is -8.53. The molecule has 0 aliphatic carbocycles. The number of aliphatic carboxylic acids is 3. The van der Waals surface area contributed by atoms with Crippen LogP contribution in [-0.4, -0.2) is 81.0 Å². The normalized spacial score (nSPS) is 14.2. The second kappa shape index (κ2) is 14.4. The Hall–Kier alpha value is -3.75. The number of hydrogen-bond acceptors (Lipinski definition) is 8. The summed E-state index contributed by atoms with van der Waals surface area (Å²) < 4.78 is 0. The van der Waals surface area contributed by atoms with E-state index in [1.807, 2.05) is 10.6 Å². The lowest BCUT2D eigenvalue weighted by Crippen LogP contribution is -2.58. The molecule has 4 unspecified atom stereocenters. The minimum absolute atomic E-state index is 0.0381. The molecule has 0 spiro atoms. The number of hydrogen-bond donors (Lipinski definition) is 8. The van der Waals surface area contributed by atoms with Gasteiger partial charge in [-0.1, -0.05) is 13.8 Å². The predicted molar refractivity (Wildman–Crippen MR) is 114 cm³/mol. The topological polar surface area (TPSA) is 268 Å². The van der Waals surface area contributed by atoms with E-state index in [0.717, 1.165) is 0 Å². The van der Waals surface area contributed by atoms with Crippen LogP contribution in [0.15, 0.2) is 0 Å². The van der Waals surface area contributed by atoms with E-state index in [2.05, 4.69) is 5.32 Å². The van der Waals surface area contributed by atoms with Crippen LogP contribution in [0.4, 0.5) is 0 Å². The number of primary amides is 1. The summed E-state index contributed by atoms with van der Waals surface area (Å²) in [6.45, 7) is 3.60. The van der Waals surface area contributed by atoms with Crippen LogP contribution in [0.3, 0.4) is 0 Å². The fourth-order valence-electron chi connectivity index (χ4n) is 2.76.